The molecule has 5 rings (SSSR count). The average molecular weight is 389 g/mol. The zero-order chi connectivity index (χ0) is 20.3. The molecule has 148 valence electrons. The topological polar surface area (TPSA) is 65.6 Å². The second-order valence-electron chi connectivity index (χ2n) is 7.73. The summed E-state index contributed by atoms with van der Waals surface area (Å²) in [5.74, 6) is 0.649. The van der Waals surface area contributed by atoms with Gasteiger partial charge in [0.15, 0.2) is 0 Å². The number of aromatic amines is 1. The molecule has 2 atom stereocenters. The summed E-state index contributed by atoms with van der Waals surface area (Å²) in [5.41, 5.74) is 5.29. The number of carbonyl (C=O) groups is 2. The molecule has 3 amide bonds. The fraction of sp³-hybridized carbons (Fsp3) is 0.304. The van der Waals surface area contributed by atoms with E-state index in [2.05, 4.69) is 30.1 Å². The van der Waals surface area contributed by atoms with Crippen molar-refractivity contribution in [1.82, 2.24) is 14.8 Å². The monoisotopic (exact) mass is 389 g/mol. The Morgan fingerprint density at radius 2 is 1.90 bits per heavy atom. The fourth-order valence-corrected chi connectivity index (χ4v) is 4.71. The number of aromatic nitrogens is 1. The number of hydrogen-bond donors (Lipinski definition) is 1. The first-order valence-electron chi connectivity index (χ1n) is 9.92. The minimum atomic E-state index is -0.471. The molecule has 29 heavy (non-hydrogen) atoms. The van der Waals surface area contributed by atoms with E-state index in [-0.39, 0.29) is 18.0 Å². The molecule has 2 aliphatic rings. The number of fused-ring (bicyclic) bond motifs is 4. The molecule has 2 aromatic carbocycles. The Hall–Kier alpha value is -3.28. The van der Waals surface area contributed by atoms with Crippen LogP contribution >= 0.6 is 0 Å². The maximum absolute atomic E-state index is 13.2. The normalized spacial score (nSPS) is 20.9. The standard InChI is InChI=1S/C23H23N3O3/c1-4-25-22(27)19-12-17-16-11-13(2)5-10-18(16)24-20(17)21(26(19)23(25)28)14-6-8-15(29-3)9-7-14/h5-11,19,21,24H,4,12H2,1-3H3. The number of hydrogen-bond acceptors (Lipinski definition) is 3. The number of nitrogens with one attached hydrogen (secondary N) is 1. The molecule has 1 saturated heterocycles. The summed E-state index contributed by atoms with van der Waals surface area (Å²) in [6.45, 7) is 4.29. The summed E-state index contributed by atoms with van der Waals surface area (Å²) in [7, 11) is 1.63. The van der Waals surface area contributed by atoms with E-state index in [4.69, 9.17) is 4.74 Å². The second-order valence-corrected chi connectivity index (χ2v) is 7.73. The second kappa shape index (κ2) is 6.37. The first-order chi connectivity index (χ1) is 14.0. The van der Waals surface area contributed by atoms with Crippen LogP contribution in [0.1, 0.15) is 35.3 Å². The lowest BCUT2D eigenvalue weighted by Gasteiger charge is -2.36. The number of urea groups is 1. The third-order valence-corrected chi connectivity index (χ3v) is 6.13. The van der Waals surface area contributed by atoms with Crippen LogP contribution in [-0.4, -0.2) is 46.4 Å². The fourth-order valence-electron chi connectivity index (χ4n) is 4.71. The number of nitrogens with zero attached hydrogens (tertiary/aromatic N) is 2. The van der Waals surface area contributed by atoms with Crippen molar-refractivity contribution in [1.29, 1.82) is 0 Å². The van der Waals surface area contributed by atoms with Gasteiger partial charge in [-0.25, -0.2) is 4.79 Å². The van der Waals surface area contributed by atoms with Crippen molar-refractivity contribution in [3.05, 3.63) is 64.8 Å². The average Bonchev–Trinajstić information content (AvgIpc) is 3.21. The minimum Gasteiger partial charge on any atom is -0.497 e. The predicted molar refractivity (Wildman–Crippen MR) is 110 cm³/mol. The number of rotatable bonds is 3. The van der Waals surface area contributed by atoms with Crippen LogP contribution < -0.4 is 4.74 Å². The Morgan fingerprint density at radius 1 is 1.14 bits per heavy atom. The van der Waals surface area contributed by atoms with Crippen LogP contribution in [-0.2, 0) is 11.2 Å². The van der Waals surface area contributed by atoms with Gasteiger partial charge in [0.25, 0.3) is 5.91 Å². The largest absolute Gasteiger partial charge is 0.497 e. The summed E-state index contributed by atoms with van der Waals surface area (Å²) < 4.78 is 5.30. The molecule has 0 saturated carbocycles. The highest BCUT2D eigenvalue weighted by molar-refractivity contribution is 6.05. The van der Waals surface area contributed by atoms with Crippen molar-refractivity contribution >= 4 is 22.8 Å². The summed E-state index contributed by atoms with van der Waals surface area (Å²) in [4.78, 5) is 32.8. The zero-order valence-electron chi connectivity index (χ0n) is 16.7. The molecule has 2 aliphatic heterocycles. The lowest BCUT2D eigenvalue weighted by molar-refractivity contribution is -0.128. The van der Waals surface area contributed by atoms with Gasteiger partial charge in [0, 0.05) is 29.6 Å². The molecule has 3 heterocycles. The lowest BCUT2D eigenvalue weighted by atomic mass is 9.88. The highest BCUT2D eigenvalue weighted by Crippen LogP contribution is 2.44. The number of H-pyrrole nitrogens is 1. The molecule has 0 bridgehead atoms. The van der Waals surface area contributed by atoms with Crippen molar-refractivity contribution in [3.8, 4) is 5.75 Å². The highest BCUT2D eigenvalue weighted by atomic mass is 16.5. The summed E-state index contributed by atoms with van der Waals surface area (Å²) in [6, 6.07) is 13.0. The Bertz CT molecular complexity index is 1130. The molecule has 1 aromatic heterocycles. The van der Waals surface area contributed by atoms with Gasteiger partial charge < -0.3 is 9.72 Å². The third-order valence-electron chi connectivity index (χ3n) is 6.13. The number of methoxy groups -OCH3 is 1. The molecular weight excluding hydrogens is 366 g/mol. The third kappa shape index (κ3) is 2.48. The van der Waals surface area contributed by atoms with Crippen LogP contribution in [0.4, 0.5) is 4.79 Å². The van der Waals surface area contributed by atoms with Gasteiger partial charge in [0.1, 0.15) is 17.8 Å². The van der Waals surface area contributed by atoms with Gasteiger partial charge in [-0.2, -0.15) is 0 Å². The molecule has 1 fully saturated rings. The van der Waals surface area contributed by atoms with Crippen LogP contribution in [0.3, 0.4) is 0 Å². The molecule has 3 aromatic rings. The van der Waals surface area contributed by atoms with E-state index in [1.807, 2.05) is 31.2 Å². The predicted octanol–water partition coefficient (Wildman–Crippen LogP) is 3.78. The van der Waals surface area contributed by atoms with Gasteiger partial charge in [-0.3, -0.25) is 14.6 Å². The Balaban J connectivity index is 1.73. The van der Waals surface area contributed by atoms with Crippen molar-refractivity contribution in [2.24, 2.45) is 0 Å². The molecule has 0 spiro atoms. The maximum Gasteiger partial charge on any atom is 0.328 e. The quantitative estimate of drug-likeness (QED) is 0.693. The van der Waals surface area contributed by atoms with Crippen LogP contribution in [0.5, 0.6) is 5.75 Å². The Morgan fingerprint density at radius 3 is 2.59 bits per heavy atom. The molecule has 1 N–H and O–H groups in total. The summed E-state index contributed by atoms with van der Waals surface area (Å²) in [5, 5.41) is 1.13. The van der Waals surface area contributed by atoms with Crippen molar-refractivity contribution in [2.75, 3.05) is 13.7 Å². The van der Waals surface area contributed by atoms with Gasteiger partial charge in [0.2, 0.25) is 0 Å². The molecule has 0 aliphatic carbocycles. The van der Waals surface area contributed by atoms with Gasteiger partial charge in [-0.1, -0.05) is 23.8 Å². The van der Waals surface area contributed by atoms with Crippen LogP contribution in [0, 0.1) is 6.92 Å². The van der Waals surface area contributed by atoms with Gasteiger partial charge in [0.05, 0.1) is 7.11 Å². The van der Waals surface area contributed by atoms with Crippen LogP contribution in [0.15, 0.2) is 42.5 Å². The van der Waals surface area contributed by atoms with E-state index in [0.717, 1.165) is 33.5 Å². The number of benzene rings is 2. The highest BCUT2D eigenvalue weighted by Gasteiger charge is 2.52. The lowest BCUT2D eigenvalue weighted by Crippen LogP contribution is -2.44. The first-order valence-corrected chi connectivity index (χ1v) is 9.92. The van der Waals surface area contributed by atoms with E-state index in [0.29, 0.717) is 13.0 Å². The van der Waals surface area contributed by atoms with Crippen molar-refractivity contribution in [2.45, 2.75) is 32.4 Å². The molecule has 2 unspecified atom stereocenters. The van der Waals surface area contributed by atoms with Crippen LogP contribution in [0.2, 0.25) is 0 Å². The smallest absolute Gasteiger partial charge is 0.328 e. The van der Waals surface area contributed by atoms with Gasteiger partial charge in [-0.05, 0) is 49.2 Å². The summed E-state index contributed by atoms with van der Waals surface area (Å²) in [6.07, 6.45) is 0.534. The molecule has 0 radical (unpaired) electrons. The summed E-state index contributed by atoms with van der Waals surface area (Å²) >= 11 is 0. The number of likely N-dealkylation sites (N-methyl/N-ethyl adjacent to an activating group) is 1. The number of ether oxygens (including phenoxy) is 1. The number of amides is 3. The van der Waals surface area contributed by atoms with E-state index in [1.54, 1.807) is 12.0 Å². The number of carbonyl (C=O) groups excluding carboxylic acids is 2. The zero-order valence-corrected chi connectivity index (χ0v) is 16.7. The van der Waals surface area contributed by atoms with Gasteiger partial charge in [-0.15, -0.1) is 0 Å². The Labute approximate surface area is 169 Å². The van der Waals surface area contributed by atoms with Crippen LogP contribution in [0.25, 0.3) is 10.9 Å². The number of aryl methyl sites for hydroxylation is 1. The first kappa shape index (κ1) is 17.8. The SMILES string of the molecule is CCN1C(=O)C2Cc3c([nH]c4ccc(C)cc34)C(c3ccc(OC)cc3)N2C1=O. The molecular formula is C23H23N3O3. The molecule has 6 heteroatoms. The van der Waals surface area contributed by atoms with E-state index < -0.39 is 6.04 Å². The minimum absolute atomic E-state index is 0.108. The van der Waals surface area contributed by atoms with E-state index in [9.17, 15) is 9.59 Å². The maximum atomic E-state index is 13.2. The van der Waals surface area contributed by atoms with Crippen molar-refractivity contribution in [3.63, 3.8) is 0 Å². The van der Waals surface area contributed by atoms with Crippen molar-refractivity contribution < 1.29 is 14.3 Å². The Kier molecular flexibility index (Phi) is 3.91. The molecule has 6 nitrogen and oxygen atoms in total. The van der Waals surface area contributed by atoms with E-state index in [1.165, 1.54) is 10.5 Å². The number of imide groups is 1. The van der Waals surface area contributed by atoms with Gasteiger partial charge >= 0.3 is 6.03 Å². The van der Waals surface area contributed by atoms with E-state index >= 15 is 0 Å².